The molecule has 2 rings (SSSR count). The van der Waals surface area contributed by atoms with Gasteiger partial charge >= 0.3 is 0 Å². The van der Waals surface area contributed by atoms with Crippen LogP contribution in [0.15, 0.2) is 53.0 Å². The molecule has 0 saturated carbocycles. The third-order valence-electron chi connectivity index (χ3n) is 5.03. The number of nitrogens with zero attached hydrogens (tertiary/aromatic N) is 1. The molecule has 4 nitrogen and oxygen atoms in total. The molecular formula is C24H31BrN2O2S. The van der Waals surface area contributed by atoms with Gasteiger partial charge in [-0.3, -0.25) is 9.59 Å². The molecule has 162 valence electrons. The Morgan fingerprint density at radius 1 is 1.10 bits per heavy atom. The summed E-state index contributed by atoms with van der Waals surface area (Å²) in [7, 11) is 0. The van der Waals surface area contributed by atoms with Gasteiger partial charge in [-0.1, -0.05) is 64.8 Å². The summed E-state index contributed by atoms with van der Waals surface area (Å²) in [6.07, 6.45) is 0.852. The highest BCUT2D eigenvalue weighted by Gasteiger charge is 2.26. The molecule has 1 N–H and O–H groups in total. The van der Waals surface area contributed by atoms with Gasteiger partial charge in [0.15, 0.2) is 0 Å². The van der Waals surface area contributed by atoms with E-state index in [0.29, 0.717) is 12.3 Å². The number of hydrogen-bond donors (Lipinski definition) is 1. The fourth-order valence-electron chi connectivity index (χ4n) is 2.90. The van der Waals surface area contributed by atoms with Crippen LogP contribution in [0, 0.1) is 6.92 Å². The number of carbonyl (C=O) groups excluding carboxylic acids is 2. The molecule has 0 saturated heterocycles. The van der Waals surface area contributed by atoms with Crippen molar-refractivity contribution in [3.8, 4) is 0 Å². The molecular weight excluding hydrogens is 460 g/mol. The van der Waals surface area contributed by atoms with Gasteiger partial charge in [-0.15, -0.1) is 11.8 Å². The van der Waals surface area contributed by atoms with Gasteiger partial charge in [0.1, 0.15) is 6.04 Å². The number of aryl methyl sites for hydroxylation is 1. The van der Waals surface area contributed by atoms with Crippen LogP contribution in [0.4, 0.5) is 0 Å². The summed E-state index contributed by atoms with van der Waals surface area (Å²) in [5.74, 6) is 0.961. The van der Waals surface area contributed by atoms with Crippen molar-refractivity contribution >= 4 is 39.5 Å². The van der Waals surface area contributed by atoms with Crippen molar-refractivity contribution in [3.63, 3.8) is 0 Å². The Labute approximate surface area is 192 Å². The third kappa shape index (κ3) is 7.80. The second kappa shape index (κ2) is 12.2. The van der Waals surface area contributed by atoms with Crippen LogP contribution in [-0.2, 0) is 21.9 Å². The summed E-state index contributed by atoms with van der Waals surface area (Å²) in [6.45, 7) is 8.27. The first-order valence-corrected chi connectivity index (χ1v) is 12.2. The fourth-order valence-corrected chi connectivity index (χ4v) is 4.22. The number of carbonyl (C=O) groups is 2. The summed E-state index contributed by atoms with van der Waals surface area (Å²) < 4.78 is 0.956. The number of benzene rings is 2. The lowest BCUT2D eigenvalue weighted by Gasteiger charge is -2.29. The summed E-state index contributed by atoms with van der Waals surface area (Å²) in [6, 6.07) is 15.7. The first kappa shape index (κ1) is 24.5. The molecule has 0 heterocycles. The molecule has 6 heteroatoms. The Morgan fingerprint density at radius 2 is 1.80 bits per heavy atom. The van der Waals surface area contributed by atoms with E-state index in [-0.39, 0.29) is 17.9 Å². The molecule has 0 aromatic heterocycles. The average molecular weight is 491 g/mol. The maximum Gasteiger partial charge on any atom is 0.242 e. The molecule has 2 aromatic rings. The van der Waals surface area contributed by atoms with Crippen molar-refractivity contribution in [1.29, 1.82) is 0 Å². The minimum absolute atomic E-state index is 0.0288. The van der Waals surface area contributed by atoms with Gasteiger partial charge in [0.2, 0.25) is 11.8 Å². The van der Waals surface area contributed by atoms with Crippen LogP contribution in [0.3, 0.4) is 0 Å². The highest BCUT2D eigenvalue weighted by molar-refractivity contribution is 9.10. The lowest BCUT2D eigenvalue weighted by molar-refractivity contribution is -0.138. The Balaban J connectivity index is 2.07. The van der Waals surface area contributed by atoms with Crippen molar-refractivity contribution in [3.05, 3.63) is 69.7 Å². The topological polar surface area (TPSA) is 49.4 Å². The SMILES string of the molecule is CC[C@H](C)NC(=O)[C@H](C)N(Cc1cccc(Br)c1)C(=O)CSCc1ccc(C)cc1. The Bertz CT molecular complexity index is 841. The largest absolute Gasteiger partial charge is 0.352 e. The van der Waals surface area contributed by atoms with Crippen LogP contribution >= 0.6 is 27.7 Å². The van der Waals surface area contributed by atoms with E-state index in [1.807, 2.05) is 38.1 Å². The first-order valence-electron chi connectivity index (χ1n) is 10.3. The van der Waals surface area contributed by atoms with E-state index in [2.05, 4.69) is 52.4 Å². The number of thioether (sulfide) groups is 1. The highest BCUT2D eigenvalue weighted by atomic mass is 79.9. The van der Waals surface area contributed by atoms with Gasteiger partial charge in [-0.25, -0.2) is 0 Å². The summed E-state index contributed by atoms with van der Waals surface area (Å²) in [5, 5.41) is 3.00. The fraction of sp³-hybridized carbons (Fsp3) is 0.417. The normalized spacial score (nSPS) is 12.8. The molecule has 0 bridgehead atoms. The zero-order valence-corrected chi connectivity index (χ0v) is 20.6. The molecule has 2 aromatic carbocycles. The first-order chi connectivity index (χ1) is 14.3. The minimum Gasteiger partial charge on any atom is -0.352 e. The Hall–Kier alpha value is -1.79. The van der Waals surface area contributed by atoms with Gasteiger partial charge in [0, 0.05) is 22.8 Å². The number of halogens is 1. The number of nitrogens with one attached hydrogen (secondary N) is 1. The summed E-state index contributed by atoms with van der Waals surface area (Å²) in [5.41, 5.74) is 3.41. The standard InChI is InChI=1S/C24H31BrN2O2S/c1-5-18(3)26-24(29)19(4)27(14-21-7-6-8-22(25)13-21)23(28)16-30-15-20-11-9-17(2)10-12-20/h6-13,18-19H,5,14-16H2,1-4H3,(H,26,29)/t18-,19-/m0/s1. The highest BCUT2D eigenvalue weighted by Crippen LogP contribution is 2.18. The summed E-state index contributed by atoms with van der Waals surface area (Å²) >= 11 is 5.06. The van der Waals surface area contributed by atoms with Crippen LogP contribution < -0.4 is 5.32 Å². The molecule has 0 fully saturated rings. The Morgan fingerprint density at radius 3 is 2.43 bits per heavy atom. The molecule has 2 amide bonds. The lowest BCUT2D eigenvalue weighted by Crippen LogP contribution is -2.50. The predicted molar refractivity (Wildman–Crippen MR) is 129 cm³/mol. The van der Waals surface area contributed by atoms with Crippen molar-refractivity contribution in [1.82, 2.24) is 10.2 Å². The maximum absolute atomic E-state index is 13.1. The summed E-state index contributed by atoms with van der Waals surface area (Å²) in [4.78, 5) is 27.5. The minimum atomic E-state index is -0.537. The van der Waals surface area contributed by atoms with E-state index in [0.717, 1.165) is 22.2 Å². The molecule has 0 aliphatic rings. The predicted octanol–water partition coefficient (Wildman–Crippen LogP) is 5.32. The van der Waals surface area contributed by atoms with Gasteiger partial charge < -0.3 is 10.2 Å². The van der Waals surface area contributed by atoms with Crippen molar-refractivity contribution in [2.75, 3.05) is 5.75 Å². The van der Waals surface area contributed by atoms with Crippen LogP contribution in [0.25, 0.3) is 0 Å². The molecule has 30 heavy (non-hydrogen) atoms. The second-order valence-corrected chi connectivity index (χ2v) is 9.53. The monoisotopic (exact) mass is 490 g/mol. The van der Waals surface area contributed by atoms with E-state index in [1.165, 1.54) is 11.1 Å². The van der Waals surface area contributed by atoms with Crippen molar-refractivity contribution < 1.29 is 9.59 Å². The van der Waals surface area contributed by atoms with Crippen LogP contribution in [0.2, 0.25) is 0 Å². The van der Waals surface area contributed by atoms with Gasteiger partial charge in [0.05, 0.1) is 5.75 Å². The molecule has 0 aliphatic heterocycles. The van der Waals surface area contributed by atoms with Gasteiger partial charge in [-0.2, -0.15) is 0 Å². The van der Waals surface area contributed by atoms with Crippen LogP contribution in [0.5, 0.6) is 0 Å². The van der Waals surface area contributed by atoms with E-state index in [1.54, 1.807) is 23.6 Å². The zero-order valence-electron chi connectivity index (χ0n) is 18.2. The maximum atomic E-state index is 13.1. The molecule has 2 atom stereocenters. The Kier molecular flexibility index (Phi) is 9.92. The van der Waals surface area contributed by atoms with Crippen LogP contribution in [-0.4, -0.2) is 34.6 Å². The second-order valence-electron chi connectivity index (χ2n) is 7.62. The van der Waals surface area contributed by atoms with Gasteiger partial charge in [-0.05, 0) is 50.5 Å². The zero-order chi connectivity index (χ0) is 22.1. The van der Waals surface area contributed by atoms with Crippen molar-refractivity contribution in [2.24, 2.45) is 0 Å². The third-order valence-corrected chi connectivity index (χ3v) is 6.51. The molecule has 0 unspecified atom stereocenters. The number of hydrogen-bond acceptors (Lipinski definition) is 3. The lowest BCUT2D eigenvalue weighted by atomic mass is 10.1. The quantitative estimate of drug-likeness (QED) is 0.489. The van der Waals surface area contributed by atoms with Gasteiger partial charge in [0.25, 0.3) is 0 Å². The molecule has 0 spiro atoms. The van der Waals surface area contributed by atoms with E-state index in [4.69, 9.17) is 0 Å². The number of rotatable bonds is 10. The van der Waals surface area contributed by atoms with Crippen LogP contribution in [0.1, 0.15) is 43.9 Å². The van der Waals surface area contributed by atoms with E-state index in [9.17, 15) is 9.59 Å². The van der Waals surface area contributed by atoms with E-state index >= 15 is 0 Å². The molecule has 0 aliphatic carbocycles. The average Bonchev–Trinajstić information content (AvgIpc) is 2.72. The smallest absolute Gasteiger partial charge is 0.242 e. The van der Waals surface area contributed by atoms with E-state index < -0.39 is 6.04 Å². The van der Waals surface area contributed by atoms with Crippen molar-refractivity contribution in [2.45, 2.75) is 58.5 Å². The number of amides is 2. The molecule has 0 radical (unpaired) electrons.